The summed E-state index contributed by atoms with van der Waals surface area (Å²) in [6.45, 7) is 3.60. The summed E-state index contributed by atoms with van der Waals surface area (Å²) in [7, 11) is 0. The molecule has 0 fully saturated rings. The van der Waals surface area contributed by atoms with Gasteiger partial charge in [-0.3, -0.25) is 9.48 Å². The Bertz CT molecular complexity index is 285. The largest absolute Gasteiger partial charge is 0.391 e. The molecule has 62 valence electrons. The molecule has 0 saturated heterocycles. The fraction of sp³-hybridized carbons (Fsp3) is 0.571. The number of hydrogen-bond donors (Lipinski definition) is 2. The molecule has 1 rings (SSSR count). The van der Waals surface area contributed by atoms with Crippen molar-refractivity contribution >= 4 is 0 Å². The lowest BCUT2D eigenvalue weighted by Gasteiger charge is -2.02. The van der Waals surface area contributed by atoms with Crippen LogP contribution in [0.1, 0.15) is 25.5 Å². The number of H-pyrrole nitrogens is 1. The van der Waals surface area contributed by atoms with Crippen LogP contribution in [0, 0.1) is 0 Å². The Balaban J connectivity index is 3.11. The predicted octanol–water partition coefficient (Wildman–Crippen LogP) is 0.250. The summed E-state index contributed by atoms with van der Waals surface area (Å²) >= 11 is 0. The summed E-state index contributed by atoms with van der Waals surface area (Å²) in [6, 6.07) is 0.114. The third-order valence-corrected chi connectivity index (χ3v) is 1.56. The highest BCUT2D eigenvalue weighted by Crippen LogP contribution is 1.98. The van der Waals surface area contributed by atoms with Crippen LogP contribution in [-0.2, 0) is 6.61 Å². The van der Waals surface area contributed by atoms with E-state index < -0.39 is 0 Å². The third-order valence-electron chi connectivity index (χ3n) is 1.56. The minimum absolute atomic E-state index is 0.114. The summed E-state index contributed by atoms with van der Waals surface area (Å²) < 4.78 is 1.48. The van der Waals surface area contributed by atoms with E-state index in [0.717, 1.165) is 0 Å². The monoisotopic (exact) mass is 156 g/mol. The van der Waals surface area contributed by atoms with Gasteiger partial charge in [0.15, 0.2) is 0 Å². The average Bonchev–Trinajstić information content (AvgIpc) is 2.30. The van der Waals surface area contributed by atoms with Gasteiger partial charge in [0.1, 0.15) is 0 Å². The first kappa shape index (κ1) is 8.07. The van der Waals surface area contributed by atoms with Crippen LogP contribution in [0.3, 0.4) is 0 Å². The minimum atomic E-state index is -0.199. The zero-order valence-electron chi connectivity index (χ0n) is 6.66. The number of aromatic nitrogens is 2. The Labute approximate surface area is 64.5 Å². The molecule has 11 heavy (non-hydrogen) atoms. The highest BCUT2D eigenvalue weighted by Gasteiger charge is 2.05. The fourth-order valence-corrected chi connectivity index (χ4v) is 0.919. The minimum Gasteiger partial charge on any atom is -0.391 e. The van der Waals surface area contributed by atoms with Crippen molar-refractivity contribution in [2.75, 3.05) is 0 Å². The normalized spacial score (nSPS) is 10.9. The summed E-state index contributed by atoms with van der Waals surface area (Å²) in [6.07, 6.45) is 1.53. The van der Waals surface area contributed by atoms with Gasteiger partial charge >= 0.3 is 0 Å². The van der Waals surface area contributed by atoms with E-state index in [4.69, 9.17) is 5.11 Å². The number of hydrogen-bond acceptors (Lipinski definition) is 2. The summed E-state index contributed by atoms with van der Waals surface area (Å²) in [5.74, 6) is 0. The fourth-order valence-electron chi connectivity index (χ4n) is 0.919. The van der Waals surface area contributed by atoms with Crippen molar-refractivity contribution in [1.29, 1.82) is 0 Å². The summed E-state index contributed by atoms with van der Waals surface area (Å²) in [5.41, 5.74) is 0.279. The molecule has 0 bridgehead atoms. The van der Waals surface area contributed by atoms with Crippen molar-refractivity contribution in [3.8, 4) is 0 Å². The summed E-state index contributed by atoms with van der Waals surface area (Å²) in [4.78, 5) is 11.2. The number of aromatic amines is 1. The van der Waals surface area contributed by atoms with Crippen LogP contribution in [0.4, 0.5) is 0 Å². The molecule has 0 aliphatic rings. The smallest absolute Gasteiger partial charge is 0.272 e. The predicted molar refractivity (Wildman–Crippen MR) is 41.4 cm³/mol. The molecule has 0 aromatic carbocycles. The molecule has 4 nitrogen and oxygen atoms in total. The number of aliphatic hydroxyl groups excluding tert-OH is 1. The molecule has 4 heteroatoms. The first-order valence-electron chi connectivity index (χ1n) is 3.56. The Morgan fingerprint density at radius 1 is 1.73 bits per heavy atom. The molecule has 2 N–H and O–H groups in total. The zero-order chi connectivity index (χ0) is 8.43. The highest BCUT2D eigenvalue weighted by molar-refractivity contribution is 5.02. The van der Waals surface area contributed by atoms with Crippen LogP contribution in [0.5, 0.6) is 0 Å². The number of nitrogens with zero attached hydrogens (tertiary/aromatic N) is 1. The van der Waals surface area contributed by atoms with Crippen LogP contribution in [0.25, 0.3) is 0 Å². The van der Waals surface area contributed by atoms with Crippen LogP contribution in [0.15, 0.2) is 11.0 Å². The molecular weight excluding hydrogens is 144 g/mol. The lowest BCUT2D eigenvalue weighted by Crippen LogP contribution is -2.20. The third kappa shape index (κ3) is 1.35. The van der Waals surface area contributed by atoms with Gasteiger partial charge in [0.25, 0.3) is 5.56 Å². The van der Waals surface area contributed by atoms with Crippen LogP contribution in [-0.4, -0.2) is 14.9 Å². The van der Waals surface area contributed by atoms with Gasteiger partial charge in [-0.2, -0.15) is 0 Å². The SMILES string of the molecule is CC(C)n1[nH]cc(CO)c1=O. The molecule has 1 aromatic heterocycles. The van der Waals surface area contributed by atoms with Crippen molar-refractivity contribution in [3.63, 3.8) is 0 Å². The van der Waals surface area contributed by atoms with Gasteiger partial charge in [-0.05, 0) is 13.8 Å². The maximum Gasteiger partial charge on any atom is 0.272 e. The van der Waals surface area contributed by atoms with Gasteiger partial charge in [0.2, 0.25) is 0 Å². The van der Waals surface area contributed by atoms with E-state index in [1.807, 2.05) is 13.8 Å². The topological polar surface area (TPSA) is 58.0 Å². The maximum absolute atomic E-state index is 11.2. The van der Waals surface area contributed by atoms with Gasteiger partial charge < -0.3 is 10.2 Å². The van der Waals surface area contributed by atoms with E-state index in [2.05, 4.69) is 5.10 Å². The standard InChI is InChI=1S/C7H12N2O2/c1-5(2)9-7(11)6(4-10)3-8-9/h3,5,8,10H,4H2,1-2H3. The van der Waals surface area contributed by atoms with Crippen LogP contribution in [0.2, 0.25) is 0 Å². The molecule has 0 saturated carbocycles. The van der Waals surface area contributed by atoms with Crippen molar-refractivity contribution in [3.05, 3.63) is 22.1 Å². The molecule has 0 radical (unpaired) electrons. The lowest BCUT2D eigenvalue weighted by atomic mass is 10.3. The molecule has 0 aliphatic heterocycles. The Morgan fingerprint density at radius 3 is 2.64 bits per heavy atom. The van der Waals surface area contributed by atoms with Crippen LogP contribution < -0.4 is 5.56 Å². The molecule has 0 amide bonds. The van der Waals surface area contributed by atoms with Gasteiger partial charge in [-0.25, -0.2) is 0 Å². The molecule has 1 aromatic rings. The van der Waals surface area contributed by atoms with Crippen LogP contribution >= 0.6 is 0 Å². The quantitative estimate of drug-likeness (QED) is 0.644. The number of rotatable bonds is 2. The Hall–Kier alpha value is -1.03. The molecule has 0 unspecified atom stereocenters. The van der Waals surface area contributed by atoms with Crippen molar-refractivity contribution in [2.24, 2.45) is 0 Å². The van der Waals surface area contributed by atoms with Gasteiger partial charge in [-0.15, -0.1) is 0 Å². The van der Waals surface area contributed by atoms with E-state index in [1.54, 1.807) is 0 Å². The first-order valence-corrected chi connectivity index (χ1v) is 3.56. The second-order valence-corrected chi connectivity index (χ2v) is 2.73. The maximum atomic E-state index is 11.2. The Morgan fingerprint density at radius 2 is 2.36 bits per heavy atom. The van der Waals surface area contributed by atoms with E-state index in [1.165, 1.54) is 10.9 Å². The Kier molecular flexibility index (Phi) is 2.14. The number of aliphatic hydroxyl groups is 1. The van der Waals surface area contributed by atoms with Gasteiger partial charge in [0, 0.05) is 12.2 Å². The zero-order valence-corrected chi connectivity index (χ0v) is 6.66. The second kappa shape index (κ2) is 2.92. The highest BCUT2D eigenvalue weighted by atomic mass is 16.3. The molecule has 0 atom stereocenters. The van der Waals surface area contributed by atoms with E-state index in [9.17, 15) is 4.79 Å². The lowest BCUT2D eigenvalue weighted by molar-refractivity contribution is 0.280. The van der Waals surface area contributed by atoms with Crippen molar-refractivity contribution < 1.29 is 5.11 Å². The average molecular weight is 156 g/mol. The van der Waals surface area contributed by atoms with Crippen molar-refractivity contribution in [1.82, 2.24) is 9.78 Å². The first-order chi connectivity index (χ1) is 5.16. The van der Waals surface area contributed by atoms with Gasteiger partial charge in [0.05, 0.1) is 12.2 Å². The van der Waals surface area contributed by atoms with Gasteiger partial charge in [-0.1, -0.05) is 0 Å². The molecule has 1 heterocycles. The van der Waals surface area contributed by atoms with E-state index in [-0.39, 0.29) is 18.2 Å². The van der Waals surface area contributed by atoms with E-state index >= 15 is 0 Å². The number of nitrogens with one attached hydrogen (secondary N) is 1. The summed E-state index contributed by atoms with van der Waals surface area (Å²) in [5, 5.41) is 11.4. The molecule has 0 aliphatic carbocycles. The molecule has 0 spiro atoms. The van der Waals surface area contributed by atoms with Crippen molar-refractivity contribution in [2.45, 2.75) is 26.5 Å². The van der Waals surface area contributed by atoms with E-state index in [0.29, 0.717) is 5.56 Å². The molecular formula is C7H12N2O2. The second-order valence-electron chi connectivity index (χ2n) is 2.73.